The lowest BCUT2D eigenvalue weighted by Crippen LogP contribution is -2.24. The highest BCUT2D eigenvalue weighted by atomic mass is 32.2. The van der Waals surface area contributed by atoms with E-state index in [0.717, 1.165) is 23.9 Å². The second-order valence-corrected chi connectivity index (χ2v) is 8.31. The molecule has 8 heteroatoms. The second-order valence-electron chi connectivity index (χ2n) is 7.01. The molecule has 5 nitrogen and oxygen atoms in total. The van der Waals surface area contributed by atoms with E-state index in [1.54, 1.807) is 55.5 Å². The zero-order valence-electron chi connectivity index (χ0n) is 17.2. The Kier molecular flexibility index (Phi) is 6.05. The molecule has 0 radical (unpaired) electrons. The third kappa shape index (κ3) is 4.13. The molecule has 0 aliphatic rings. The highest BCUT2D eigenvalue weighted by Gasteiger charge is 2.22. The molecular weight excluding hydrogens is 434 g/mol. The lowest BCUT2D eigenvalue weighted by Gasteiger charge is -2.16. The van der Waals surface area contributed by atoms with Crippen LogP contribution in [0.5, 0.6) is 5.75 Å². The second kappa shape index (κ2) is 8.92. The number of Topliss-reactive ketones (excluding diaryl/α,β-unsaturated/α-hetero) is 1. The molecule has 0 spiro atoms. The van der Waals surface area contributed by atoms with Crippen molar-refractivity contribution >= 4 is 28.4 Å². The van der Waals surface area contributed by atoms with Gasteiger partial charge in [-0.05, 0) is 49.4 Å². The van der Waals surface area contributed by atoms with E-state index in [4.69, 9.17) is 4.74 Å². The Balaban J connectivity index is 1.81. The number of carbonyl (C=O) groups is 1. The molecule has 32 heavy (non-hydrogen) atoms. The lowest BCUT2D eigenvalue weighted by molar-refractivity contribution is 0.0993. The van der Waals surface area contributed by atoms with Crippen LogP contribution < -0.4 is 10.3 Å². The monoisotopic (exact) mass is 452 g/mol. The smallest absolute Gasteiger partial charge is 0.266 e. The molecule has 0 aliphatic heterocycles. The molecule has 4 rings (SSSR count). The Hall–Kier alpha value is -3.52. The summed E-state index contributed by atoms with van der Waals surface area (Å²) in [6, 6.07) is 16.9. The summed E-state index contributed by atoms with van der Waals surface area (Å²) < 4.78 is 33.6. The Morgan fingerprint density at radius 2 is 1.81 bits per heavy atom. The first-order valence-corrected chi connectivity index (χ1v) is 10.6. The molecule has 4 aromatic rings. The average molecular weight is 452 g/mol. The molecule has 0 saturated carbocycles. The fraction of sp³-hybridized carbons (Fsp3) is 0.125. The molecule has 1 aromatic heterocycles. The first-order valence-electron chi connectivity index (χ1n) is 9.71. The van der Waals surface area contributed by atoms with Crippen molar-refractivity contribution in [2.24, 2.45) is 0 Å². The van der Waals surface area contributed by atoms with E-state index < -0.39 is 22.7 Å². The topological polar surface area (TPSA) is 61.2 Å². The van der Waals surface area contributed by atoms with Crippen LogP contribution in [-0.2, 0) is 0 Å². The standard InChI is InChI=1S/C24H18F2N2O3S/c1-14(22(29)15-10-11-19(25)20(26)12-15)32-24-27-21-9-4-3-8-18(21)23(30)28(24)16-6-5-7-17(13-16)31-2/h3-14H,1-2H3/t14-/m0/s1. The maximum Gasteiger partial charge on any atom is 0.266 e. The zero-order chi connectivity index (χ0) is 22.8. The van der Waals surface area contributed by atoms with E-state index in [1.165, 1.54) is 17.7 Å². The molecule has 0 amide bonds. The zero-order valence-corrected chi connectivity index (χ0v) is 18.0. The van der Waals surface area contributed by atoms with Crippen molar-refractivity contribution in [3.63, 3.8) is 0 Å². The molecule has 0 fully saturated rings. The Morgan fingerprint density at radius 1 is 1.03 bits per heavy atom. The van der Waals surface area contributed by atoms with Crippen molar-refractivity contribution in [1.29, 1.82) is 0 Å². The highest BCUT2D eigenvalue weighted by Crippen LogP contribution is 2.28. The van der Waals surface area contributed by atoms with Crippen LogP contribution in [-0.4, -0.2) is 27.7 Å². The summed E-state index contributed by atoms with van der Waals surface area (Å²) >= 11 is 1.07. The van der Waals surface area contributed by atoms with Crippen molar-refractivity contribution < 1.29 is 18.3 Å². The van der Waals surface area contributed by atoms with Gasteiger partial charge in [-0.3, -0.25) is 14.2 Å². The van der Waals surface area contributed by atoms with Crippen molar-refractivity contribution in [3.05, 3.63) is 94.3 Å². The summed E-state index contributed by atoms with van der Waals surface area (Å²) in [5.41, 5.74) is 0.771. The number of ketones is 1. The number of aromatic nitrogens is 2. The van der Waals surface area contributed by atoms with E-state index in [2.05, 4.69) is 4.98 Å². The Morgan fingerprint density at radius 3 is 2.56 bits per heavy atom. The van der Waals surface area contributed by atoms with Crippen LogP contribution in [0.1, 0.15) is 17.3 Å². The van der Waals surface area contributed by atoms with E-state index in [0.29, 0.717) is 27.5 Å². The van der Waals surface area contributed by atoms with Gasteiger partial charge in [0.15, 0.2) is 22.6 Å². The van der Waals surface area contributed by atoms with Crippen LogP contribution in [0.2, 0.25) is 0 Å². The number of hydrogen-bond donors (Lipinski definition) is 0. The number of thioether (sulfide) groups is 1. The number of para-hydroxylation sites is 1. The molecule has 0 saturated heterocycles. The van der Waals surface area contributed by atoms with Crippen LogP contribution in [0.15, 0.2) is 76.7 Å². The molecule has 3 aromatic carbocycles. The van der Waals surface area contributed by atoms with Gasteiger partial charge in [-0.25, -0.2) is 13.8 Å². The lowest BCUT2D eigenvalue weighted by atomic mass is 10.1. The van der Waals surface area contributed by atoms with E-state index >= 15 is 0 Å². The summed E-state index contributed by atoms with van der Waals surface area (Å²) in [5, 5.41) is 0.00873. The summed E-state index contributed by atoms with van der Waals surface area (Å²) in [4.78, 5) is 30.8. The fourth-order valence-electron chi connectivity index (χ4n) is 3.26. The number of rotatable bonds is 6. The minimum absolute atomic E-state index is 0.0416. The van der Waals surface area contributed by atoms with Crippen molar-refractivity contribution in [3.8, 4) is 11.4 Å². The number of carbonyl (C=O) groups excluding carboxylic acids is 1. The Labute approximate surface area is 186 Å². The van der Waals surface area contributed by atoms with Crippen molar-refractivity contribution in [2.75, 3.05) is 7.11 Å². The molecule has 1 atom stereocenters. The predicted molar refractivity (Wildman–Crippen MR) is 120 cm³/mol. The number of halogens is 2. The SMILES string of the molecule is COc1cccc(-n2c(S[C@@H](C)C(=O)c3ccc(F)c(F)c3)nc3ccccc3c2=O)c1. The molecule has 0 N–H and O–H groups in total. The largest absolute Gasteiger partial charge is 0.497 e. The maximum atomic E-state index is 13.6. The first kappa shape index (κ1) is 21.7. The van der Waals surface area contributed by atoms with Crippen LogP contribution >= 0.6 is 11.8 Å². The number of methoxy groups -OCH3 is 1. The first-order chi connectivity index (χ1) is 15.4. The van der Waals surface area contributed by atoms with E-state index in [9.17, 15) is 18.4 Å². The van der Waals surface area contributed by atoms with E-state index in [1.807, 2.05) is 0 Å². The number of benzene rings is 3. The fourth-order valence-corrected chi connectivity index (χ4v) is 4.27. The summed E-state index contributed by atoms with van der Waals surface area (Å²) in [5.74, 6) is -1.96. The normalized spacial score (nSPS) is 12.0. The minimum atomic E-state index is -1.09. The van der Waals surface area contributed by atoms with Gasteiger partial charge in [0.2, 0.25) is 0 Å². The van der Waals surface area contributed by atoms with Gasteiger partial charge < -0.3 is 4.74 Å². The van der Waals surface area contributed by atoms with Crippen LogP contribution in [0.4, 0.5) is 8.78 Å². The maximum absolute atomic E-state index is 13.6. The van der Waals surface area contributed by atoms with E-state index in [-0.39, 0.29) is 11.1 Å². The quantitative estimate of drug-likeness (QED) is 0.233. The van der Waals surface area contributed by atoms with Crippen LogP contribution in [0.3, 0.4) is 0 Å². The molecular formula is C24H18F2N2O3S. The van der Waals surface area contributed by atoms with Gasteiger partial charge in [-0.15, -0.1) is 0 Å². The minimum Gasteiger partial charge on any atom is -0.497 e. The third-order valence-corrected chi connectivity index (χ3v) is 5.96. The number of hydrogen-bond acceptors (Lipinski definition) is 5. The van der Waals surface area contributed by atoms with Crippen molar-refractivity contribution in [1.82, 2.24) is 9.55 Å². The van der Waals surface area contributed by atoms with Crippen LogP contribution in [0.25, 0.3) is 16.6 Å². The number of fused-ring (bicyclic) bond motifs is 1. The summed E-state index contributed by atoms with van der Waals surface area (Å²) in [6.45, 7) is 1.63. The van der Waals surface area contributed by atoms with Gasteiger partial charge in [0.05, 0.1) is 29.0 Å². The molecule has 162 valence electrons. The predicted octanol–water partition coefficient (Wildman–Crippen LogP) is 5.04. The Bertz CT molecular complexity index is 1390. The van der Waals surface area contributed by atoms with Gasteiger partial charge in [0.25, 0.3) is 5.56 Å². The van der Waals surface area contributed by atoms with Gasteiger partial charge in [-0.1, -0.05) is 30.0 Å². The molecule has 0 unspecified atom stereocenters. The summed E-state index contributed by atoms with van der Waals surface area (Å²) in [6.07, 6.45) is 0. The van der Waals surface area contributed by atoms with Crippen molar-refractivity contribution in [2.45, 2.75) is 17.3 Å². The molecule has 0 aliphatic carbocycles. The summed E-state index contributed by atoms with van der Waals surface area (Å²) in [7, 11) is 1.53. The van der Waals surface area contributed by atoms with Gasteiger partial charge in [-0.2, -0.15) is 0 Å². The average Bonchev–Trinajstić information content (AvgIpc) is 2.80. The number of ether oxygens (including phenoxy) is 1. The van der Waals surface area contributed by atoms with Gasteiger partial charge >= 0.3 is 0 Å². The third-order valence-electron chi connectivity index (χ3n) is 4.91. The van der Waals surface area contributed by atoms with Crippen LogP contribution in [0, 0.1) is 11.6 Å². The molecule has 0 bridgehead atoms. The van der Waals surface area contributed by atoms with Gasteiger partial charge in [0, 0.05) is 11.6 Å². The highest BCUT2D eigenvalue weighted by molar-refractivity contribution is 8.00. The number of nitrogens with zero attached hydrogens (tertiary/aromatic N) is 2. The van der Waals surface area contributed by atoms with Gasteiger partial charge in [0.1, 0.15) is 5.75 Å². The molecule has 1 heterocycles.